The maximum Gasteiger partial charge on any atom is 0.237 e. The number of ether oxygens (including phenoxy) is 1. The molecule has 7 nitrogen and oxygen atoms in total. The van der Waals surface area contributed by atoms with Crippen molar-refractivity contribution < 1.29 is 9.26 Å². The molecule has 0 aliphatic carbocycles. The van der Waals surface area contributed by atoms with Crippen molar-refractivity contribution in [1.29, 1.82) is 0 Å². The fourth-order valence-corrected chi connectivity index (χ4v) is 3.51. The Bertz CT molecular complexity index is 965. The first-order chi connectivity index (χ1) is 12.3. The van der Waals surface area contributed by atoms with Crippen molar-refractivity contribution in [3.8, 4) is 27.8 Å². The van der Waals surface area contributed by atoms with Crippen molar-refractivity contribution in [2.45, 2.75) is 10.9 Å². The van der Waals surface area contributed by atoms with Gasteiger partial charge in [0, 0.05) is 0 Å². The third kappa shape index (κ3) is 3.42. The van der Waals surface area contributed by atoms with Crippen molar-refractivity contribution in [2.24, 2.45) is 0 Å². The van der Waals surface area contributed by atoms with Crippen molar-refractivity contribution in [3.63, 3.8) is 0 Å². The molecule has 9 heteroatoms. The van der Waals surface area contributed by atoms with E-state index >= 15 is 0 Å². The van der Waals surface area contributed by atoms with E-state index in [9.17, 15) is 0 Å². The molecule has 3 aromatic heterocycles. The first-order valence-electron chi connectivity index (χ1n) is 7.38. The maximum absolute atomic E-state index is 5.33. The lowest BCUT2D eigenvalue weighted by molar-refractivity contribution is 0.390. The topological polar surface area (TPSA) is 89.7 Å². The second-order valence-electron chi connectivity index (χ2n) is 4.94. The minimum absolute atomic E-state index is 0.490. The number of rotatable bonds is 6. The summed E-state index contributed by atoms with van der Waals surface area (Å²) in [5.74, 6) is 2.97. The SMILES string of the molecule is COc1ccccc1-c1noc(CSc2n[nH]c(-c3cccs3)n2)n1. The highest BCUT2D eigenvalue weighted by atomic mass is 32.2. The molecule has 0 fully saturated rings. The van der Waals surface area contributed by atoms with Crippen LogP contribution >= 0.6 is 23.1 Å². The van der Waals surface area contributed by atoms with Crippen LogP contribution in [-0.2, 0) is 5.75 Å². The molecule has 0 aliphatic rings. The van der Waals surface area contributed by atoms with E-state index in [0.717, 1.165) is 16.3 Å². The zero-order chi connectivity index (χ0) is 17.1. The lowest BCUT2D eigenvalue weighted by Gasteiger charge is -2.02. The standard InChI is InChI=1S/C16H13N5O2S2/c1-22-11-6-3-2-5-10(11)14-17-13(23-21-14)9-25-16-18-15(19-20-16)12-7-4-8-24-12/h2-8H,9H2,1H3,(H,18,19,20). The van der Waals surface area contributed by atoms with Gasteiger partial charge in [0.15, 0.2) is 5.82 Å². The van der Waals surface area contributed by atoms with E-state index in [1.807, 2.05) is 41.8 Å². The van der Waals surface area contributed by atoms with Crippen LogP contribution in [0.1, 0.15) is 5.89 Å². The van der Waals surface area contributed by atoms with Gasteiger partial charge in [0.25, 0.3) is 0 Å². The van der Waals surface area contributed by atoms with E-state index in [2.05, 4.69) is 25.3 Å². The van der Waals surface area contributed by atoms with Gasteiger partial charge in [-0.1, -0.05) is 35.1 Å². The second-order valence-corrected chi connectivity index (χ2v) is 6.83. The van der Waals surface area contributed by atoms with Crippen LogP contribution in [0.4, 0.5) is 0 Å². The monoisotopic (exact) mass is 371 g/mol. The van der Waals surface area contributed by atoms with Crippen LogP contribution in [0.25, 0.3) is 22.1 Å². The molecule has 0 unspecified atom stereocenters. The Morgan fingerprint density at radius 3 is 2.96 bits per heavy atom. The number of benzene rings is 1. The number of hydrogen-bond acceptors (Lipinski definition) is 8. The van der Waals surface area contributed by atoms with Gasteiger partial charge in [0.05, 0.1) is 23.3 Å². The molecule has 1 aromatic carbocycles. The molecule has 3 heterocycles. The number of aromatic nitrogens is 5. The number of nitrogens with one attached hydrogen (secondary N) is 1. The summed E-state index contributed by atoms with van der Waals surface area (Å²) in [4.78, 5) is 9.93. The van der Waals surface area contributed by atoms with E-state index in [-0.39, 0.29) is 0 Å². The molecule has 0 radical (unpaired) electrons. The predicted molar refractivity (Wildman–Crippen MR) is 95.5 cm³/mol. The number of H-pyrrole nitrogens is 1. The van der Waals surface area contributed by atoms with Gasteiger partial charge in [-0.2, -0.15) is 4.98 Å². The number of hydrogen-bond donors (Lipinski definition) is 1. The van der Waals surface area contributed by atoms with Gasteiger partial charge in [-0.25, -0.2) is 4.98 Å². The van der Waals surface area contributed by atoms with Gasteiger partial charge >= 0.3 is 0 Å². The Labute approximate surface area is 151 Å². The smallest absolute Gasteiger partial charge is 0.237 e. The van der Waals surface area contributed by atoms with Crippen molar-refractivity contribution in [3.05, 3.63) is 47.7 Å². The van der Waals surface area contributed by atoms with Crippen LogP contribution in [0.3, 0.4) is 0 Å². The fraction of sp³-hybridized carbons (Fsp3) is 0.125. The Morgan fingerprint density at radius 1 is 1.20 bits per heavy atom. The van der Waals surface area contributed by atoms with E-state index in [4.69, 9.17) is 9.26 Å². The second kappa shape index (κ2) is 7.08. The van der Waals surface area contributed by atoms with E-state index < -0.39 is 0 Å². The molecule has 0 saturated heterocycles. The number of aromatic amines is 1. The van der Waals surface area contributed by atoms with Crippen LogP contribution in [-0.4, -0.2) is 32.4 Å². The molecule has 0 amide bonds. The summed E-state index contributed by atoms with van der Waals surface area (Å²) in [6.07, 6.45) is 0. The third-order valence-electron chi connectivity index (χ3n) is 3.36. The lowest BCUT2D eigenvalue weighted by Crippen LogP contribution is -1.89. The summed E-state index contributed by atoms with van der Waals surface area (Å²) >= 11 is 3.05. The van der Waals surface area contributed by atoms with E-state index in [0.29, 0.717) is 28.4 Å². The maximum atomic E-state index is 5.33. The number of nitrogens with zero attached hydrogens (tertiary/aromatic N) is 4. The number of methoxy groups -OCH3 is 1. The Kier molecular flexibility index (Phi) is 4.49. The lowest BCUT2D eigenvalue weighted by atomic mass is 10.2. The van der Waals surface area contributed by atoms with Gasteiger partial charge in [0.1, 0.15) is 5.75 Å². The van der Waals surface area contributed by atoms with Crippen LogP contribution in [0.2, 0.25) is 0 Å². The molecule has 4 rings (SSSR count). The minimum Gasteiger partial charge on any atom is -0.496 e. The first-order valence-corrected chi connectivity index (χ1v) is 9.25. The molecule has 4 aromatic rings. The molecule has 1 N–H and O–H groups in total. The number of thiophene rings is 1. The van der Waals surface area contributed by atoms with Gasteiger partial charge < -0.3 is 9.26 Å². The summed E-state index contributed by atoms with van der Waals surface area (Å²) in [5, 5.41) is 13.8. The summed E-state index contributed by atoms with van der Waals surface area (Å²) in [7, 11) is 1.62. The Balaban J connectivity index is 1.45. The zero-order valence-corrected chi connectivity index (χ0v) is 14.8. The third-order valence-corrected chi connectivity index (χ3v) is 5.07. The van der Waals surface area contributed by atoms with Crippen LogP contribution in [0.15, 0.2) is 51.5 Å². The number of thioether (sulfide) groups is 1. The number of para-hydroxylation sites is 1. The zero-order valence-electron chi connectivity index (χ0n) is 13.2. The average Bonchev–Trinajstić information content (AvgIpc) is 3.40. The quantitative estimate of drug-likeness (QED) is 0.514. The highest BCUT2D eigenvalue weighted by Crippen LogP contribution is 2.29. The Morgan fingerprint density at radius 2 is 2.12 bits per heavy atom. The van der Waals surface area contributed by atoms with Gasteiger partial charge in [-0.15, -0.1) is 16.4 Å². The molecule has 126 valence electrons. The van der Waals surface area contributed by atoms with E-state index in [1.54, 1.807) is 18.4 Å². The molecule has 0 spiro atoms. The summed E-state index contributed by atoms with van der Waals surface area (Å²) < 4.78 is 10.6. The molecule has 0 bridgehead atoms. The molecule has 0 saturated carbocycles. The van der Waals surface area contributed by atoms with Gasteiger partial charge in [-0.3, -0.25) is 5.10 Å². The minimum atomic E-state index is 0.490. The summed E-state index contributed by atoms with van der Waals surface area (Å²) in [6, 6.07) is 11.5. The van der Waals surface area contributed by atoms with Crippen LogP contribution < -0.4 is 4.74 Å². The first kappa shape index (κ1) is 15.9. The van der Waals surface area contributed by atoms with Crippen molar-refractivity contribution in [1.82, 2.24) is 25.3 Å². The van der Waals surface area contributed by atoms with Crippen LogP contribution in [0.5, 0.6) is 5.75 Å². The highest BCUT2D eigenvalue weighted by molar-refractivity contribution is 7.98. The Hall–Kier alpha value is -2.65. The normalized spacial score (nSPS) is 10.9. The van der Waals surface area contributed by atoms with Crippen molar-refractivity contribution >= 4 is 23.1 Å². The highest BCUT2D eigenvalue weighted by Gasteiger charge is 2.14. The molecule has 0 atom stereocenters. The molecular formula is C16H13N5O2S2. The molecule has 25 heavy (non-hydrogen) atoms. The van der Waals surface area contributed by atoms with E-state index in [1.165, 1.54) is 11.8 Å². The summed E-state index contributed by atoms with van der Waals surface area (Å²) in [6.45, 7) is 0. The molecule has 0 aliphatic heterocycles. The largest absolute Gasteiger partial charge is 0.496 e. The predicted octanol–water partition coefficient (Wildman–Crippen LogP) is 3.88. The molecular weight excluding hydrogens is 358 g/mol. The fourth-order valence-electron chi connectivity index (χ4n) is 2.21. The summed E-state index contributed by atoms with van der Waals surface area (Å²) in [5.41, 5.74) is 0.794. The van der Waals surface area contributed by atoms with Crippen LogP contribution in [0, 0.1) is 0 Å². The van der Waals surface area contributed by atoms with Gasteiger partial charge in [0.2, 0.25) is 16.9 Å². The van der Waals surface area contributed by atoms with Crippen molar-refractivity contribution in [2.75, 3.05) is 7.11 Å². The average molecular weight is 371 g/mol. The van der Waals surface area contributed by atoms with Gasteiger partial charge in [-0.05, 0) is 23.6 Å².